The summed E-state index contributed by atoms with van der Waals surface area (Å²) in [6.45, 7) is -0.0910. The first kappa shape index (κ1) is 16.8. The highest BCUT2D eigenvalue weighted by molar-refractivity contribution is 5.78. The molecule has 0 aromatic rings. The van der Waals surface area contributed by atoms with E-state index in [1.54, 1.807) is 0 Å². The first-order chi connectivity index (χ1) is 8.33. The maximum atomic E-state index is 10.8. The SMILES string of the molecule is NCC(N)(CCCCCCC(N)C(=O)O)C(=O)O. The molecule has 18 heavy (non-hydrogen) atoms. The molecule has 0 heterocycles. The molecule has 0 aliphatic rings. The molecular formula is C11H23N3O4. The van der Waals surface area contributed by atoms with Crippen LogP contribution in [0, 0.1) is 0 Å². The molecule has 0 saturated heterocycles. The molecular weight excluding hydrogens is 238 g/mol. The van der Waals surface area contributed by atoms with Crippen molar-refractivity contribution < 1.29 is 19.8 Å². The van der Waals surface area contributed by atoms with Gasteiger partial charge in [0, 0.05) is 6.54 Å². The molecule has 0 aromatic heterocycles. The standard InChI is InChI=1S/C11H23N3O4/c12-7-11(14,10(17)18)6-4-2-1-3-5-8(13)9(15)16/h8H,1-7,12-14H2,(H,15,16)(H,17,18). The van der Waals surface area contributed by atoms with Crippen molar-refractivity contribution in [2.45, 2.75) is 50.1 Å². The van der Waals surface area contributed by atoms with Crippen LogP contribution in [0.2, 0.25) is 0 Å². The van der Waals surface area contributed by atoms with Crippen LogP contribution < -0.4 is 17.2 Å². The van der Waals surface area contributed by atoms with E-state index in [2.05, 4.69) is 0 Å². The van der Waals surface area contributed by atoms with Crippen molar-refractivity contribution >= 4 is 11.9 Å². The Kier molecular flexibility index (Phi) is 7.49. The number of hydrogen-bond acceptors (Lipinski definition) is 5. The number of nitrogens with two attached hydrogens (primary N) is 3. The third-order valence-corrected chi connectivity index (χ3v) is 3.00. The fraction of sp³-hybridized carbons (Fsp3) is 0.818. The molecule has 0 aliphatic heterocycles. The lowest BCUT2D eigenvalue weighted by Gasteiger charge is -2.22. The van der Waals surface area contributed by atoms with Crippen molar-refractivity contribution in [2.75, 3.05) is 6.54 Å². The van der Waals surface area contributed by atoms with E-state index in [1.807, 2.05) is 0 Å². The largest absolute Gasteiger partial charge is 0.480 e. The van der Waals surface area contributed by atoms with E-state index in [-0.39, 0.29) is 6.54 Å². The summed E-state index contributed by atoms with van der Waals surface area (Å²) in [6.07, 6.45) is 3.71. The molecule has 0 aromatic carbocycles. The van der Waals surface area contributed by atoms with Crippen LogP contribution in [-0.4, -0.2) is 40.3 Å². The summed E-state index contributed by atoms with van der Waals surface area (Å²) >= 11 is 0. The fourth-order valence-corrected chi connectivity index (χ4v) is 1.58. The van der Waals surface area contributed by atoms with Gasteiger partial charge in [0.1, 0.15) is 11.6 Å². The molecule has 0 aliphatic carbocycles. The summed E-state index contributed by atoms with van der Waals surface area (Å²) < 4.78 is 0. The summed E-state index contributed by atoms with van der Waals surface area (Å²) in [7, 11) is 0. The number of carboxylic acid groups (broad SMARTS) is 2. The smallest absolute Gasteiger partial charge is 0.324 e. The van der Waals surface area contributed by atoms with Crippen molar-refractivity contribution in [1.29, 1.82) is 0 Å². The first-order valence-electron chi connectivity index (χ1n) is 6.04. The van der Waals surface area contributed by atoms with E-state index in [4.69, 9.17) is 27.4 Å². The molecule has 2 atom stereocenters. The lowest BCUT2D eigenvalue weighted by atomic mass is 9.93. The van der Waals surface area contributed by atoms with Crippen LogP contribution in [0.1, 0.15) is 38.5 Å². The third-order valence-electron chi connectivity index (χ3n) is 3.00. The van der Waals surface area contributed by atoms with Crippen LogP contribution in [0.4, 0.5) is 0 Å². The van der Waals surface area contributed by atoms with Crippen LogP contribution in [0.3, 0.4) is 0 Å². The highest BCUT2D eigenvalue weighted by Crippen LogP contribution is 2.13. The first-order valence-corrected chi connectivity index (χ1v) is 6.04. The second kappa shape index (κ2) is 8.02. The van der Waals surface area contributed by atoms with E-state index in [9.17, 15) is 9.59 Å². The summed E-state index contributed by atoms with van der Waals surface area (Å²) in [5.74, 6) is -2.08. The van der Waals surface area contributed by atoms with Gasteiger partial charge < -0.3 is 27.4 Å². The highest BCUT2D eigenvalue weighted by Gasteiger charge is 2.31. The van der Waals surface area contributed by atoms with Crippen molar-refractivity contribution in [2.24, 2.45) is 17.2 Å². The summed E-state index contributed by atoms with van der Waals surface area (Å²) in [6, 6.07) is -0.818. The van der Waals surface area contributed by atoms with Gasteiger partial charge in [-0.25, -0.2) is 0 Å². The Balaban J connectivity index is 3.68. The van der Waals surface area contributed by atoms with Gasteiger partial charge in [-0.1, -0.05) is 25.7 Å². The maximum Gasteiger partial charge on any atom is 0.324 e. The van der Waals surface area contributed by atoms with Gasteiger partial charge in [0.15, 0.2) is 0 Å². The number of aliphatic carboxylic acids is 2. The van der Waals surface area contributed by atoms with Crippen LogP contribution >= 0.6 is 0 Å². The average molecular weight is 261 g/mol. The molecule has 0 saturated carbocycles. The molecule has 0 rings (SSSR count). The summed E-state index contributed by atoms with van der Waals surface area (Å²) in [5, 5.41) is 17.4. The monoisotopic (exact) mass is 261 g/mol. The maximum absolute atomic E-state index is 10.8. The highest BCUT2D eigenvalue weighted by atomic mass is 16.4. The van der Waals surface area contributed by atoms with E-state index in [0.717, 1.165) is 12.8 Å². The molecule has 0 radical (unpaired) electrons. The van der Waals surface area contributed by atoms with Gasteiger partial charge >= 0.3 is 11.9 Å². The topological polar surface area (TPSA) is 153 Å². The van der Waals surface area contributed by atoms with Gasteiger partial charge in [0.05, 0.1) is 0 Å². The van der Waals surface area contributed by atoms with Crippen molar-refractivity contribution in [1.82, 2.24) is 0 Å². The minimum Gasteiger partial charge on any atom is -0.480 e. The third kappa shape index (κ3) is 5.95. The zero-order valence-electron chi connectivity index (χ0n) is 10.5. The second-order valence-electron chi connectivity index (χ2n) is 4.56. The minimum absolute atomic E-state index is 0.0910. The number of carboxylic acids is 2. The lowest BCUT2D eigenvalue weighted by molar-refractivity contribution is -0.143. The van der Waals surface area contributed by atoms with Crippen molar-refractivity contribution in [3.63, 3.8) is 0 Å². The van der Waals surface area contributed by atoms with Gasteiger partial charge in [-0.05, 0) is 12.8 Å². The minimum atomic E-state index is -1.35. The fourth-order valence-electron chi connectivity index (χ4n) is 1.58. The molecule has 0 spiro atoms. The van der Waals surface area contributed by atoms with Crippen LogP contribution in [0.5, 0.6) is 0 Å². The molecule has 2 unspecified atom stereocenters. The van der Waals surface area contributed by atoms with E-state index >= 15 is 0 Å². The normalized spacial score (nSPS) is 15.9. The van der Waals surface area contributed by atoms with E-state index < -0.39 is 23.5 Å². The van der Waals surface area contributed by atoms with Gasteiger partial charge in [0.25, 0.3) is 0 Å². The number of rotatable bonds is 10. The van der Waals surface area contributed by atoms with Crippen molar-refractivity contribution in [3.8, 4) is 0 Å². The van der Waals surface area contributed by atoms with Crippen LogP contribution in [0.25, 0.3) is 0 Å². The Morgan fingerprint density at radius 1 is 1.11 bits per heavy atom. The van der Waals surface area contributed by atoms with Crippen molar-refractivity contribution in [3.05, 3.63) is 0 Å². The van der Waals surface area contributed by atoms with Gasteiger partial charge in [-0.15, -0.1) is 0 Å². The Morgan fingerprint density at radius 2 is 1.67 bits per heavy atom. The Morgan fingerprint density at radius 3 is 2.11 bits per heavy atom. The molecule has 106 valence electrons. The number of unbranched alkanes of at least 4 members (excludes halogenated alkanes) is 3. The van der Waals surface area contributed by atoms with Gasteiger partial charge in [-0.3, -0.25) is 9.59 Å². The Hall–Kier alpha value is -1.18. The molecule has 7 heteroatoms. The van der Waals surface area contributed by atoms with E-state index in [1.165, 1.54) is 0 Å². The average Bonchev–Trinajstić information content (AvgIpc) is 2.32. The predicted octanol–water partition coefficient (Wildman–Crippen LogP) is -0.520. The quantitative estimate of drug-likeness (QED) is 0.331. The van der Waals surface area contributed by atoms with Crippen LogP contribution in [0.15, 0.2) is 0 Å². The molecule has 0 bridgehead atoms. The Bertz CT molecular complexity index is 285. The van der Waals surface area contributed by atoms with Gasteiger partial charge in [0.2, 0.25) is 0 Å². The molecule has 7 nitrogen and oxygen atoms in total. The predicted molar refractivity (Wildman–Crippen MR) is 66.9 cm³/mol. The molecule has 8 N–H and O–H groups in total. The van der Waals surface area contributed by atoms with Gasteiger partial charge in [-0.2, -0.15) is 0 Å². The Labute approximate surface area is 106 Å². The number of hydrogen-bond donors (Lipinski definition) is 5. The molecule has 0 fully saturated rings. The second-order valence-corrected chi connectivity index (χ2v) is 4.56. The molecule has 0 amide bonds. The zero-order valence-corrected chi connectivity index (χ0v) is 10.5. The summed E-state index contributed by atoms with van der Waals surface area (Å²) in [5.41, 5.74) is 15.0. The van der Waals surface area contributed by atoms with Crippen LogP contribution in [-0.2, 0) is 9.59 Å². The van der Waals surface area contributed by atoms with E-state index in [0.29, 0.717) is 25.7 Å². The lowest BCUT2D eigenvalue weighted by Crippen LogP contribution is -2.53. The zero-order chi connectivity index (χ0) is 14.2. The number of carbonyl (C=O) groups is 2. The summed E-state index contributed by atoms with van der Waals surface area (Å²) in [4.78, 5) is 21.3.